The second-order valence-corrected chi connectivity index (χ2v) is 24.8. The first-order valence-corrected chi connectivity index (χ1v) is 26.3. The Morgan fingerprint density at radius 2 is 1.07 bits per heavy atom. The number of rotatable bonds is 10. The number of anilines is 4. The van der Waals surface area contributed by atoms with Crippen LogP contribution in [0.5, 0.6) is 11.5 Å². The molecule has 2 aromatic carbocycles. The summed E-state index contributed by atoms with van der Waals surface area (Å²) in [4.78, 5) is 12.4. The van der Waals surface area contributed by atoms with E-state index in [-0.39, 0.29) is 34.8 Å². The summed E-state index contributed by atoms with van der Waals surface area (Å²) in [7, 11) is -9.32. The Morgan fingerprint density at radius 3 is 1.39 bits per heavy atom. The van der Waals surface area contributed by atoms with Crippen LogP contribution < -0.4 is 23.7 Å². The van der Waals surface area contributed by atoms with Gasteiger partial charge in [0.15, 0.2) is 0 Å². The molecule has 61 heavy (non-hydrogen) atoms. The molecule has 3 aliphatic rings. The van der Waals surface area contributed by atoms with E-state index in [0.717, 1.165) is 24.6 Å². The fraction of sp³-hybridized carbons (Fsp3) is 0.450. The Balaban J connectivity index is 0.000000242. The van der Waals surface area contributed by atoms with Gasteiger partial charge < -0.3 is 24.1 Å². The summed E-state index contributed by atoms with van der Waals surface area (Å²) in [5.74, 6) is 1.09. The van der Waals surface area contributed by atoms with Crippen LogP contribution >= 0.6 is 35.6 Å². The Bertz CT molecular complexity index is 2160. The first-order chi connectivity index (χ1) is 28.3. The van der Waals surface area contributed by atoms with Gasteiger partial charge in [-0.25, -0.2) is 9.97 Å². The van der Waals surface area contributed by atoms with Crippen LogP contribution in [0.4, 0.5) is 23.0 Å². The quantitative estimate of drug-likeness (QED) is 0.133. The number of pyridine rings is 2. The van der Waals surface area contributed by atoms with Gasteiger partial charge in [-0.15, -0.1) is 12.4 Å². The number of aromatic hydroxyl groups is 1. The lowest BCUT2D eigenvalue weighted by molar-refractivity contribution is 0.198. The van der Waals surface area contributed by atoms with E-state index >= 15 is 0 Å². The molecule has 336 valence electrons. The molecule has 0 bridgehead atoms. The van der Waals surface area contributed by atoms with Gasteiger partial charge in [-0.2, -0.15) is 25.4 Å². The van der Waals surface area contributed by atoms with E-state index < -0.39 is 28.7 Å². The maximum Gasteiger partial charge on any atom is 0.302 e. The van der Waals surface area contributed by atoms with Gasteiger partial charge in [0.1, 0.15) is 23.1 Å². The van der Waals surface area contributed by atoms with E-state index in [1.54, 1.807) is 18.3 Å². The van der Waals surface area contributed by atoms with Crippen LogP contribution in [-0.4, -0.2) is 114 Å². The van der Waals surface area contributed by atoms with Gasteiger partial charge in [0.25, 0.3) is 8.32 Å². The lowest BCUT2D eigenvalue weighted by Crippen LogP contribution is -2.50. The van der Waals surface area contributed by atoms with Crippen LogP contribution in [0.1, 0.15) is 33.6 Å². The van der Waals surface area contributed by atoms with Gasteiger partial charge in [0.05, 0.1) is 12.4 Å². The summed E-state index contributed by atoms with van der Waals surface area (Å²) in [6, 6.07) is 21.3. The second kappa shape index (κ2) is 22.2. The predicted octanol–water partition coefficient (Wildman–Crippen LogP) is 7.74. The zero-order chi connectivity index (χ0) is 43.6. The van der Waals surface area contributed by atoms with Crippen LogP contribution in [0.2, 0.25) is 28.2 Å². The smallest absolute Gasteiger partial charge is 0.302 e. The van der Waals surface area contributed by atoms with Crippen molar-refractivity contribution in [2.75, 3.05) is 84.8 Å². The molecule has 15 nitrogen and oxygen atoms in total. The lowest BCUT2D eigenvalue weighted by atomic mass is 10.2. The van der Waals surface area contributed by atoms with E-state index in [0.29, 0.717) is 68.2 Å². The highest BCUT2D eigenvalue weighted by Gasteiger charge is 2.39. The molecular formula is C40H57Cl3N8O7S2Si. The molecule has 3 fully saturated rings. The first-order valence-electron chi connectivity index (χ1n) is 19.8. The maximum absolute atomic E-state index is 12.8. The largest absolute Gasteiger partial charge is 0.542 e. The third-order valence-corrected chi connectivity index (χ3v) is 18.4. The molecule has 0 radical (unpaired) electrons. The van der Waals surface area contributed by atoms with Crippen LogP contribution in [-0.2, 0) is 25.2 Å². The predicted molar refractivity (Wildman–Crippen MR) is 251 cm³/mol. The van der Waals surface area contributed by atoms with Crippen LogP contribution in [0.3, 0.4) is 0 Å². The standard InChI is InChI=1S/C21H31ClN4O3SSi.C15H17ClN4O3S.C4H8O.ClH/c1-21(2,3)31(4,5)29-19-10-11-20(23-16-19)24-30(27,28)26-14-12-25(13-15-26)18-8-6-17(22)7-9-18;16-12-1-3-13(4-2-12)19-7-9-20(10-8-19)24(22,23)18-15-6-5-14(21)11-17-15;1-2-4-5-3-1;/h6-11,16H,12-15H2,1-5H3,(H,23,24);1-6,11,21H,7-10H2,(H,17,18);1-4H2;1H. The number of piperazine rings is 2. The Morgan fingerprint density at radius 1 is 0.656 bits per heavy atom. The van der Waals surface area contributed by atoms with Crippen molar-refractivity contribution in [1.29, 1.82) is 0 Å². The number of hydrogen-bond donors (Lipinski definition) is 3. The number of benzene rings is 2. The zero-order valence-corrected chi connectivity index (χ0v) is 40.1. The molecule has 0 aliphatic carbocycles. The highest BCUT2D eigenvalue weighted by molar-refractivity contribution is 7.90. The number of hydrogen-bond acceptors (Lipinski definition) is 11. The van der Waals surface area contributed by atoms with Gasteiger partial charge in [0.2, 0.25) is 0 Å². The molecule has 3 aliphatic heterocycles. The number of ether oxygens (including phenoxy) is 1. The molecule has 0 spiro atoms. The van der Waals surface area contributed by atoms with E-state index in [2.05, 4.69) is 63.1 Å². The number of halogens is 3. The van der Waals surface area contributed by atoms with Crippen LogP contribution in [0.15, 0.2) is 85.2 Å². The molecule has 7 rings (SSSR count). The molecule has 3 saturated heterocycles. The van der Waals surface area contributed by atoms with E-state index in [4.69, 9.17) is 32.4 Å². The van der Waals surface area contributed by atoms with Crippen molar-refractivity contribution in [3.63, 3.8) is 0 Å². The molecule has 21 heteroatoms. The van der Waals surface area contributed by atoms with Crippen LogP contribution in [0, 0.1) is 0 Å². The van der Waals surface area contributed by atoms with Gasteiger partial charge in [-0.3, -0.25) is 9.44 Å². The molecule has 0 atom stereocenters. The van der Waals surface area contributed by atoms with Gasteiger partial charge >= 0.3 is 20.4 Å². The molecular weight excluding hydrogens is 903 g/mol. The zero-order valence-electron chi connectivity index (χ0n) is 35.1. The lowest BCUT2D eigenvalue weighted by Gasteiger charge is -2.36. The molecule has 5 heterocycles. The van der Waals surface area contributed by atoms with E-state index in [1.807, 2.05) is 48.5 Å². The highest BCUT2D eigenvalue weighted by atomic mass is 35.5. The Hall–Kier alpha value is -3.59. The normalized spacial score (nSPS) is 16.6. The summed E-state index contributed by atoms with van der Waals surface area (Å²) in [5, 5.41) is 10.6. The van der Waals surface area contributed by atoms with E-state index in [1.165, 1.54) is 39.8 Å². The number of nitrogens with one attached hydrogen (secondary N) is 2. The molecule has 4 aromatic rings. The van der Waals surface area contributed by atoms with Crippen molar-refractivity contribution < 1.29 is 31.1 Å². The van der Waals surface area contributed by atoms with Gasteiger partial charge in [0, 0.05) is 87.0 Å². The summed E-state index contributed by atoms with van der Waals surface area (Å²) in [6.07, 6.45) is 5.33. The minimum absolute atomic E-state index is 0. The molecule has 0 saturated carbocycles. The number of aromatic nitrogens is 2. The fourth-order valence-electron chi connectivity index (χ4n) is 5.98. The molecule has 3 N–H and O–H groups in total. The molecule has 0 unspecified atom stereocenters. The maximum atomic E-state index is 12.8. The summed E-state index contributed by atoms with van der Waals surface area (Å²) < 4.78 is 69.4. The molecule has 0 amide bonds. The number of nitrogens with zero attached hydrogens (tertiary/aromatic N) is 6. The van der Waals surface area contributed by atoms with E-state index in [9.17, 15) is 21.9 Å². The molecule has 2 aromatic heterocycles. The van der Waals surface area contributed by atoms with Crippen molar-refractivity contribution in [2.24, 2.45) is 0 Å². The summed E-state index contributed by atoms with van der Waals surface area (Å²) in [6.45, 7) is 16.7. The third-order valence-electron chi connectivity index (χ3n) is 10.5. The Kier molecular flexibility index (Phi) is 18.2. The first kappa shape index (κ1) is 50.1. The van der Waals surface area contributed by atoms with Gasteiger partial charge in [-0.1, -0.05) is 44.0 Å². The van der Waals surface area contributed by atoms with Crippen molar-refractivity contribution in [3.05, 3.63) is 95.2 Å². The fourth-order valence-corrected chi connectivity index (χ4v) is 9.56. The minimum Gasteiger partial charge on any atom is -0.542 e. The summed E-state index contributed by atoms with van der Waals surface area (Å²) >= 11 is 11.8. The van der Waals surface area contributed by atoms with Crippen molar-refractivity contribution >= 4 is 87.4 Å². The second-order valence-electron chi connectivity index (χ2n) is 15.9. The van der Waals surface area contributed by atoms with Crippen molar-refractivity contribution in [3.8, 4) is 11.5 Å². The van der Waals surface area contributed by atoms with Crippen molar-refractivity contribution in [2.45, 2.75) is 51.7 Å². The average Bonchev–Trinajstić information content (AvgIpc) is 3.81. The van der Waals surface area contributed by atoms with Gasteiger partial charge in [-0.05, 0) is 104 Å². The third kappa shape index (κ3) is 15.0. The highest BCUT2D eigenvalue weighted by Crippen LogP contribution is 2.37. The summed E-state index contributed by atoms with van der Waals surface area (Å²) in [5.41, 5.74) is 2.05. The topological polar surface area (TPSA) is 170 Å². The monoisotopic (exact) mass is 958 g/mol. The SMILES string of the molecule is C1CCOC1.CC(C)(C)[Si](C)(C)Oc1ccc(NS(=O)(=O)N2CCN(c3ccc(Cl)cc3)CC2)nc1.Cl.O=S(=O)(Nc1ccc(O)cn1)N1CCN(c2ccc(Cl)cc2)CC1. The minimum atomic E-state index is -3.68. The average molecular weight is 961 g/mol. The Labute approximate surface area is 378 Å². The van der Waals surface area contributed by atoms with Crippen LogP contribution in [0.25, 0.3) is 0 Å². The van der Waals surface area contributed by atoms with Crippen molar-refractivity contribution in [1.82, 2.24) is 18.6 Å².